The van der Waals surface area contributed by atoms with Crippen LogP contribution in [0.25, 0.3) is 0 Å². The zero-order valence-corrected chi connectivity index (χ0v) is 14.9. The van der Waals surface area contributed by atoms with Gasteiger partial charge in [0, 0.05) is 19.2 Å². The molecule has 0 aromatic rings. The molecule has 1 atom stereocenters. The molecule has 0 aliphatic carbocycles. The van der Waals surface area contributed by atoms with Crippen LogP contribution in [0.4, 0.5) is 0 Å². The third kappa shape index (κ3) is 7.48. The fraction of sp³-hybridized carbons (Fsp3) is 0.938. The molecule has 1 N–H and O–H groups in total. The quantitative estimate of drug-likeness (QED) is 0.747. The van der Waals surface area contributed by atoms with E-state index in [2.05, 4.69) is 31.0 Å². The number of amides is 1. The Morgan fingerprint density at radius 2 is 1.90 bits per heavy atom. The van der Waals surface area contributed by atoms with Crippen LogP contribution < -0.4 is 5.32 Å². The first-order valence-corrected chi connectivity index (χ1v) is 8.19. The van der Waals surface area contributed by atoms with Crippen molar-refractivity contribution in [2.45, 2.75) is 65.5 Å². The Kier molecular flexibility index (Phi) is 11.1. The van der Waals surface area contributed by atoms with E-state index in [-0.39, 0.29) is 24.4 Å². The predicted octanol–water partition coefficient (Wildman–Crippen LogP) is 2.85. The summed E-state index contributed by atoms with van der Waals surface area (Å²) in [5.41, 5.74) is 0. The smallest absolute Gasteiger partial charge is 0.251 e. The summed E-state index contributed by atoms with van der Waals surface area (Å²) in [4.78, 5) is 14.6. The zero-order chi connectivity index (χ0) is 15.0. The van der Waals surface area contributed by atoms with Gasteiger partial charge in [0.15, 0.2) is 0 Å². The van der Waals surface area contributed by atoms with Crippen molar-refractivity contribution in [2.75, 3.05) is 26.2 Å². The van der Waals surface area contributed by atoms with Gasteiger partial charge in [-0.3, -0.25) is 4.79 Å². The van der Waals surface area contributed by atoms with Crippen LogP contribution in [0.1, 0.15) is 53.4 Å². The number of nitrogens with zero attached hydrogens (tertiary/aromatic N) is 1. The molecule has 4 nitrogen and oxygen atoms in total. The molecule has 1 aliphatic heterocycles. The molecule has 126 valence electrons. The summed E-state index contributed by atoms with van der Waals surface area (Å²) in [5, 5.41) is 3.36. The van der Waals surface area contributed by atoms with Crippen molar-refractivity contribution in [1.82, 2.24) is 10.2 Å². The lowest BCUT2D eigenvalue weighted by Gasteiger charge is -2.36. The van der Waals surface area contributed by atoms with E-state index < -0.39 is 0 Å². The van der Waals surface area contributed by atoms with Crippen molar-refractivity contribution in [2.24, 2.45) is 5.92 Å². The maximum atomic E-state index is 12.6. The summed E-state index contributed by atoms with van der Waals surface area (Å²) >= 11 is 0. The number of piperidine rings is 1. The minimum absolute atomic E-state index is 0. The van der Waals surface area contributed by atoms with Crippen LogP contribution in [0.2, 0.25) is 0 Å². The Hall–Kier alpha value is -0.320. The monoisotopic (exact) mass is 320 g/mol. The van der Waals surface area contributed by atoms with Crippen LogP contribution in [0.5, 0.6) is 0 Å². The molecule has 5 heteroatoms. The van der Waals surface area contributed by atoms with E-state index in [1.807, 2.05) is 6.92 Å². The maximum absolute atomic E-state index is 12.6. The number of carbonyl (C=O) groups excluding carboxylic acids is 1. The van der Waals surface area contributed by atoms with Gasteiger partial charge in [0.1, 0.15) is 6.10 Å². The average molecular weight is 321 g/mol. The molecule has 0 bridgehead atoms. The highest BCUT2D eigenvalue weighted by Gasteiger charge is 2.28. The van der Waals surface area contributed by atoms with Crippen molar-refractivity contribution in [1.29, 1.82) is 0 Å². The van der Waals surface area contributed by atoms with Gasteiger partial charge in [-0.15, -0.1) is 12.4 Å². The van der Waals surface area contributed by atoms with E-state index >= 15 is 0 Å². The van der Waals surface area contributed by atoms with Crippen LogP contribution in [0.15, 0.2) is 0 Å². The molecule has 1 fully saturated rings. The van der Waals surface area contributed by atoms with Crippen LogP contribution >= 0.6 is 12.4 Å². The summed E-state index contributed by atoms with van der Waals surface area (Å²) in [6, 6.07) is 0.389. The van der Waals surface area contributed by atoms with Crippen molar-refractivity contribution < 1.29 is 9.53 Å². The number of hydrogen-bond acceptors (Lipinski definition) is 3. The molecule has 21 heavy (non-hydrogen) atoms. The molecular formula is C16H33ClN2O2. The molecule has 1 aliphatic rings. The van der Waals surface area contributed by atoms with E-state index in [0.717, 1.165) is 45.3 Å². The zero-order valence-electron chi connectivity index (χ0n) is 14.1. The highest BCUT2D eigenvalue weighted by molar-refractivity contribution is 5.85. The molecule has 1 amide bonds. The number of halogens is 1. The summed E-state index contributed by atoms with van der Waals surface area (Å²) in [6.07, 6.45) is 3.83. The van der Waals surface area contributed by atoms with Crippen molar-refractivity contribution >= 4 is 18.3 Å². The summed E-state index contributed by atoms with van der Waals surface area (Å²) in [5.74, 6) is 0.788. The molecule has 1 saturated heterocycles. The van der Waals surface area contributed by atoms with Crippen LogP contribution in [0.3, 0.4) is 0 Å². The first kappa shape index (κ1) is 20.7. The topological polar surface area (TPSA) is 41.6 Å². The lowest BCUT2D eigenvalue weighted by Crippen LogP contribution is -2.49. The van der Waals surface area contributed by atoms with Gasteiger partial charge in [-0.1, -0.05) is 20.8 Å². The summed E-state index contributed by atoms with van der Waals surface area (Å²) in [7, 11) is 0. The SMILES string of the molecule is CCCN(C(=O)C(C)OCCC(C)C)C1CCNCC1.Cl. The van der Waals surface area contributed by atoms with Gasteiger partial charge in [0.2, 0.25) is 0 Å². The van der Waals surface area contributed by atoms with Crippen LogP contribution in [-0.4, -0.2) is 49.2 Å². The molecule has 0 aromatic heterocycles. The summed E-state index contributed by atoms with van der Waals surface area (Å²) in [6.45, 7) is 11.9. The highest BCUT2D eigenvalue weighted by atomic mass is 35.5. The third-order valence-corrected chi connectivity index (χ3v) is 3.91. The Labute approximate surface area is 136 Å². The largest absolute Gasteiger partial charge is 0.369 e. The van der Waals surface area contributed by atoms with E-state index in [0.29, 0.717) is 18.6 Å². The van der Waals surface area contributed by atoms with Gasteiger partial charge in [0.25, 0.3) is 5.91 Å². The second kappa shape index (κ2) is 11.3. The van der Waals surface area contributed by atoms with E-state index in [4.69, 9.17) is 4.74 Å². The van der Waals surface area contributed by atoms with E-state index in [1.54, 1.807) is 0 Å². The number of rotatable bonds is 8. The van der Waals surface area contributed by atoms with Gasteiger partial charge in [-0.2, -0.15) is 0 Å². The fourth-order valence-electron chi connectivity index (χ4n) is 2.62. The molecular weight excluding hydrogens is 288 g/mol. The first-order chi connectivity index (χ1) is 9.56. The predicted molar refractivity (Wildman–Crippen MR) is 90.0 cm³/mol. The molecule has 0 radical (unpaired) electrons. The van der Waals surface area contributed by atoms with Gasteiger partial charge in [-0.25, -0.2) is 0 Å². The lowest BCUT2D eigenvalue weighted by atomic mass is 10.0. The minimum Gasteiger partial charge on any atom is -0.369 e. The highest BCUT2D eigenvalue weighted by Crippen LogP contribution is 2.15. The second-order valence-corrected chi connectivity index (χ2v) is 6.21. The minimum atomic E-state index is -0.310. The lowest BCUT2D eigenvalue weighted by molar-refractivity contribution is -0.145. The van der Waals surface area contributed by atoms with Crippen LogP contribution in [0, 0.1) is 5.92 Å². The summed E-state index contributed by atoms with van der Waals surface area (Å²) < 4.78 is 5.73. The van der Waals surface area contributed by atoms with Crippen molar-refractivity contribution in [3.63, 3.8) is 0 Å². The fourth-order valence-corrected chi connectivity index (χ4v) is 2.62. The Bertz CT molecular complexity index is 281. The second-order valence-electron chi connectivity index (χ2n) is 6.21. The van der Waals surface area contributed by atoms with Crippen molar-refractivity contribution in [3.05, 3.63) is 0 Å². The molecule has 0 saturated carbocycles. The van der Waals surface area contributed by atoms with E-state index in [9.17, 15) is 4.79 Å². The average Bonchev–Trinajstić information content (AvgIpc) is 2.44. The van der Waals surface area contributed by atoms with Gasteiger partial charge in [-0.05, 0) is 51.6 Å². The van der Waals surface area contributed by atoms with Crippen molar-refractivity contribution in [3.8, 4) is 0 Å². The molecule has 0 spiro atoms. The number of nitrogens with one attached hydrogen (secondary N) is 1. The van der Waals surface area contributed by atoms with E-state index in [1.165, 1.54) is 0 Å². The molecule has 0 aromatic carbocycles. The Morgan fingerprint density at radius 1 is 1.29 bits per heavy atom. The third-order valence-electron chi connectivity index (χ3n) is 3.91. The maximum Gasteiger partial charge on any atom is 0.251 e. The first-order valence-electron chi connectivity index (χ1n) is 8.19. The molecule has 1 unspecified atom stereocenters. The molecule has 1 heterocycles. The standard InChI is InChI=1S/C16H32N2O2.ClH/c1-5-11-18(15-6-9-17-10-7-15)16(19)14(4)20-12-8-13(2)3;/h13-15,17H,5-12H2,1-4H3;1H. The number of ether oxygens (including phenoxy) is 1. The van der Waals surface area contributed by atoms with Gasteiger partial charge >= 0.3 is 0 Å². The normalized spacial score (nSPS) is 17.4. The molecule has 1 rings (SSSR count). The Balaban J connectivity index is 0.00000400. The van der Waals surface area contributed by atoms with Gasteiger partial charge < -0.3 is 15.0 Å². The Morgan fingerprint density at radius 3 is 2.43 bits per heavy atom. The number of hydrogen-bond donors (Lipinski definition) is 1. The van der Waals surface area contributed by atoms with Crippen LogP contribution in [-0.2, 0) is 9.53 Å². The number of carbonyl (C=O) groups is 1. The van der Waals surface area contributed by atoms with Gasteiger partial charge in [0.05, 0.1) is 0 Å².